The smallest absolute Gasteiger partial charge is 0.171 e. The number of nitrogens with one attached hydrogen (secondary N) is 2. The normalized spacial score (nSPS) is 12.0. The highest BCUT2D eigenvalue weighted by Gasteiger charge is 2.26. The summed E-state index contributed by atoms with van der Waals surface area (Å²) in [4.78, 5) is 10.7. The molecule has 0 unspecified atom stereocenters. The van der Waals surface area contributed by atoms with E-state index in [-0.39, 0.29) is 22.5 Å². The van der Waals surface area contributed by atoms with E-state index in [1.165, 1.54) is 24.3 Å². The third kappa shape index (κ3) is 4.41. The van der Waals surface area contributed by atoms with Crippen molar-refractivity contribution in [3.05, 3.63) is 107 Å². The van der Waals surface area contributed by atoms with Crippen molar-refractivity contribution in [1.82, 2.24) is 15.0 Å². The van der Waals surface area contributed by atoms with Gasteiger partial charge in [0.1, 0.15) is 17.4 Å². The standard InChI is InChI=1S/C28H24F2N4OS/c1-28(2,17-6-4-3-5-7-17)25-16-33-27(34-25)21-14-18(8-9-22(21)29)35-26-20(11-13-36-31)19-10-12-32-24(19)15-23(26)30/h3-16,32H,31H2,1-2H3,(H,33,34)/b13-11+. The number of aromatic amines is 2. The summed E-state index contributed by atoms with van der Waals surface area (Å²) in [5.74, 6) is -0.367. The van der Waals surface area contributed by atoms with Crippen molar-refractivity contribution in [1.29, 1.82) is 0 Å². The molecular formula is C28H24F2N4OS. The number of imidazole rings is 1. The lowest BCUT2D eigenvalue weighted by molar-refractivity contribution is 0.441. The molecule has 5 rings (SSSR count). The zero-order valence-electron chi connectivity index (χ0n) is 19.7. The maximum absolute atomic E-state index is 15.1. The summed E-state index contributed by atoms with van der Waals surface area (Å²) in [6, 6.07) is 17.5. The van der Waals surface area contributed by atoms with Gasteiger partial charge in [0.2, 0.25) is 0 Å². The first kappa shape index (κ1) is 23.8. The van der Waals surface area contributed by atoms with E-state index < -0.39 is 11.6 Å². The van der Waals surface area contributed by atoms with Gasteiger partial charge in [-0.2, -0.15) is 0 Å². The van der Waals surface area contributed by atoms with Crippen LogP contribution in [0.25, 0.3) is 28.4 Å². The van der Waals surface area contributed by atoms with E-state index >= 15 is 4.39 Å². The Morgan fingerprint density at radius 2 is 1.83 bits per heavy atom. The molecule has 5 aromatic rings. The molecule has 4 N–H and O–H groups in total. The maximum Gasteiger partial charge on any atom is 0.171 e. The van der Waals surface area contributed by atoms with E-state index in [0.717, 1.165) is 28.6 Å². The van der Waals surface area contributed by atoms with E-state index in [4.69, 9.17) is 9.88 Å². The number of nitrogens with zero attached hydrogens (tertiary/aromatic N) is 1. The van der Waals surface area contributed by atoms with Crippen LogP contribution < -0.4 is 9.88 Å². The average molecular weight is 503 g/mol. The molecule has 0 aliphatic carbocycles. The number of fused-ring (bicyclic) bond motifs is 1. The Labute approximate surface area is 211 Å². The molecule has 0 fully saturated rings. The van der Waals surface area contributed by atoms with Crippen LogP contribution in [-0.4, -0.2) is 15.0 Å². The number of nitrogens with two attached hydrogens (primary N) is 1. The van der Waals surface area contributed by atoms with Crippen LogP contribution in [0, 0.1) is 11.6 Å². The average Bonchev–Trinajstić information content (AvgIpc) is 3.56. The Morgan fingerprint density at radius 1 is 1.03 bits per heavy atom. The highest BCUT2D eigenvalue weighted by atomic mass is 32.2. The second-order valence-electron chi connectivity index (χ2n) is 8.86. The molecule has 0 saturated carbocycles. The molecular weight excluding hydrogens is 478 g/mol. The van der Waals surface area contributed by atoms with Gasteiger partial charge in [0.05, 0.1) is 5.56 Å². The van der Waals surface area contributed by atoms with Gasteiger partial charge in [0.15, 0.2) is 11.6 Å². The molecule has 0 aliphatic heterocycles. The molecule has 0 bridgehead atoms. The Morgan fingerprint density at radius 3 is 2.61 bits per heavy atom. The van der Waals surface area contributed by atoms with Crippen LogP contribution in [0.5, 0.6) is 11.5 Å². The molecule has 0 radical (unpaired) electrons. The first-order chi connectivity index (χ1) is 17.4. The van der Waals surface area contributed by atoms with Crippen LogP contribution in [0.2, 0.25) is 0 Å². The molecule has 182 valence electrons. The maximum atomic E-state index is 15.1. The lowest BCUT2D eigenvalue weighted by Crippen LogP contribution is -2.19. The summed E-state index contributed by atoms with van der Waals surface area (Å²) < 4.78 is 35.9. The van der Waals surface area contributed by atoms with E-state index in [9.17, 15) is 4.39 Å². The first-order valence-corrected chi connectivity index (χ1v) is 12.2. The molecule has 36 heavy (non-hydrogen) atoms. The zero-order valence-corrected chi connectivity index (χ0v) is 20.5. The molecule has 0 aliphatic rings. The summed E-state index contributed by atoms with van der Waals surface area (Å²) in [5.41, 5.74) is 2.95. The number of hydrogen-bond acceptors (Lipinski definition) is 4. The fourth-order valence-electron chi connectivity index (χ4n) is 4.21. The van der Waals surface area contributed by atoms with Crippen molar-refractivity contribution in [2.45, 2.75) is 19.3 Å². The predicted molar refractivity (Wildman–Crippen MR) is 142 cm³/mol. The van der Waals surface area contributed by atoms with Gasteiger partial charge in [0.25, 0.3) is 0 Å². The van der Waals surface area contributed by atoms with Gasteiger partial charge >= 0.3 is 0 Å². The summed E-state index contributed by atoms with van der Waals surface area (Å²) in [5, 5.41) is 7.96. The highest BCUT2D eigenvalue weighted by molar-refractivity contribution is 8.00. The minimum atomic E-state index is -0.553. The summed E-state index contributed by atoms with van der Waals surface area (Å²) >= 11 is 1.00. The molecule has 0 atom stereocenters. The van der Waals surface area contributed by atoms with Crippen LogP contribution in [-0.2, 0) is 5.41 Å². The number of H-pyrrole nitrogens is 2. The van der Waals surface area contributed by atoms with E-state index in [2.05, 4.69) is 28.8 Å². The number of hydrogen-bond donors (Lipinski definition) is 3. The second-order valence-corrected chi connectivity index (χ2v) is 9.40. The Bertz CT molecular complexity index is 1560. The van der Waals surface area contributed by atoms with Crippen LogP contribution in [0.4, 0.5) is 8.78 Å². The number of ether oxygens (including phenoxy) is 1. The fraction of sp³-hybridized carbons (Fsp3) is 0.107. The summed E-state index contributed by atoms with van der Waals surface area (Å²) in [6.45, 7) is 4.15. The molecule has 0 spiro atoms. The van der Waals surface area contributed by atoms with Gasteiger partial charge in [-0.25, -0.2) is 13.8 Å². The van der Waals surface area contributed by atoms with E-state index in [1.54, 1.807) is 23.9 Å². The lowest BCUT2D eigenvalue weighted by Gasteiger charge is -2.23. The molecule has 2 aromatic heterocycles. The molecule has 8 heteroatoms. The highest BCUT2D eigenvalue weighted by Crippen LogP contribution is 2.37. The van der Waals surface area contributed by atoms with Gasteiger partial charge in [-0.1, -0.05) is 56.1 Å². The van der Waals surface area contributed by atoms with Gasteiger partial charge in [-0.05, 0) is 41.3 Å². The fourth-order valence-corrected chi connectivity index (χ4v) is 4.42. The van der Waals surface area contributed by atoms with Crippen molar-refractivity contribution in [2.75, 3.05) is 0 Å². The number of aromatic nitrogens is 3. The van der Waals surface area contributed by atoms with Crippen molar-refractivity contribution in [2.24, 2.45) is 5.14 Å². The van der Waals surface area contributed by atoms with Crippen molar-refractivity contribution in [3.8, 4) is 22.9 Å². The van der Waals surface area contributed by atoms with Crippen LogP contribution in [0.3, 0.4) is 0 Å². The monoisotopic (exact) mass is 502 g/mol. The van der Waals surface area contributed by atoms with E-state index in [1.807, 2.05) is 36.4 Å². The third-order valence-electron chi connectivity index (χ3n) is 6.27. The van der Waals surface area contributed by atoms with Crippen LogP contribution in [0.1, 0.15) is 30.7 Å². The SMILES string of the molecule is CC(C)(c1ccccc1)c1cnc(-c2cc(Oc3c(F)cc4[nH]ccc4c3/C=C/SN)ccc2F)[nH]1. The number of halogens is 2. The number of benzene rings is 3. The quantitative estimate of drug-likeness (QED) is 0.201. The topological polar surface area (TPSA) is 79.7 Å². The zero-order chi connectivity index (χ0) is 25.3. The molecule has 2 heterocycles. The van der Waals surface area contributed by atoms with Crippen molar-refractivity contribution < 1.29 is 13.5 Å². The van der Waals surface area contributed by atoms with Gasteiger partial charge < -0.3 is 14.7 Å². The van der Waals surface area contributed by atoms with Crippen LogP contribution in [0.15, 0.2) is 78.5 Å². The van der Waals surface area contributed by atoms with Gasteiger partial charge in [-0.3, -0.25) is 5.14 Å². The Balaban J connectivity index is 1.52. The molecule has 0 saturated heterocycles. The van der Waals surface area contributed by atoms with Crippen LogP contribution >= 0.6 is 11.9 Å². The first-order valence-electron chi connectivity index (χ1n) is 11.3. The van der Waals surface area contributed by atoms with E-state index in [0.29, 0.717) is 16.9 Å². The largest absolute Gasteiger partial charge is 0.454 e. The predicted octanol–water partition coefficient (Wildman–Crippen LogP) is 7.53. The Hall–Kier alpha value is -3.88. The van der Waals surface area contributed by atoms with Gasteiger partial charge in [0, 0.05) is 46.0 Å². The summed E-state index contributed by atoms with van der Waals surface area (Å²) in [7, 11) is 0. The van der Waals surface area contributed by atoms with Crippen molar-refractivity contribution >= 4 is 28.9 Å². The molecule has 3 aromatic carbocycles. The summed E-state index contributed by atoms with van der Waals surface area (Å²) in [6.07, 6.45) is 5.12. The Kier molecular flexibility index (Phi) is 6.38. The molecule has 0 amide bonds. The number of rotatable bonds is 7. The van der Waals surface area contributed by atoms with Crippen molar-refractivity contribution in [3.63, 3.8) is 0 Å². The second kappa shape index (κ2) is 9.64. The minimum Gasteiger partial charge on any atom is -0.454 e. The minimum absolute atomic E-state index is 0.0234. The van der Waals surface area contributed by atoms with Gasteiger partial charge in [-0.15, -0.1) is 0 Å². The third-order valence-corrected chi connectivity index (χ3v) is 6.57. The molecule has 5 nitrogen and oxygen atoms in total. The lowest BCUT2D eigenvalue weighted by atomic mass is 9.82.